The molecule has 3 aromatic rings. The molecule has 0 aliphatic heterocycles. The highest BCUT2D eigenvalue weighted by molar-refractivity contribution is 7.71. The first-order valence-electron chi connectivity index (χ1n) is 4.70. The van der Waals surface area contributed by atoms with E-state index < -0.39 is 0 Å². The summed E-state index contributed by atoms with van der Waals surface area (Å²) >= 11 is 4.92. The van der Waals surface area contributed by atoms with Gasteiger partial charge in [-0.05, 0) is 30.4 Å². The normalized spacial score (nSPS) is 11.1. The maximum atomic E-state index is 5.17. The van der Waals surface area contributed by atoms with Crippen LogP contribution in [0.2, 0.25) is 0 Å². The van der Waals surface area contributed by atoms with E-state index in [4.69, 9.17) is 17.0 Å². The lowest BCUT2D eigenvalue weighted by Crippen LogP contribution is -1.86. The van der Waals surface area contributed by atoms with E-state index in [1.807, 2.05) is 18.2 Å². The van der Waals surface area contributed by atoms with Crippen LogP contribution in [0.3, 0.4) is 0 Å². The Morgan fingerprint density at radius 3 is 3.06 bits per heavy atom. The number of aromatic amines is 2. The molecule has 2 N–H and O–H groups in total. The van der Waals surface area contributed by atoms with Crippen molar-refractivity contribution >= 4 is 34.3 Å². The Morgan fingerprint density at radius 2 is 2.25 bits per heavy atom. The Hall–Kier alpha value is -1.95. The summed E-state index contributed by atoms with van der Waals surface area (Å²) in [6.45, 7) is 0. The summed E-state index contributed by atoms with van der Waals surface area (Å²) < 4.78 is 5.54. The molecule has 0 bridgehead atoms. The topological polar surface area (TPSA) is 66.6 Å². The van der Waals surface area contributed by atoms with Gasteiger partial charge in [0.1, 0.15) is 11.3 Å². The molecule has 0 fully saturated rings. The van der Waals surface area contributed by atoms with E-state index in [1.165, 1.54) is 0 Å². The Morgan fingerprint density at radius 1 is 1.38 bits per heavy atom. The minimum Gasteiger partial charge on any atom is -0.497 e. The smallest absolute Gasteiger partial charge is 0.215 e. The van der Waals surface area contributed by atoms with Crippen LogP contribution in [-0.4, -0.2) is 27.3 Å². The molecule has 2 heterocycles. The van der Waals surface area contributed by atoms with E-state index in [9.17, 15) is 0 Å². The van der Waals surface area contributed by atoms with Crippen molar-refractivity contribution in [3.63, 3.8) is 0 Å². The average Bonchev–Trinajstić information content (AvgIpc) is 2.65. The van der Waals surface area contributed by atoms with Gasteiger partial charge in [-0.15, -0.1) is 0 Å². The van der Waals surface area contributed by atoms with Gasteiger partial charge in [0.15, 0.2) is 5.65 Å². The molecule has 2 aromatic heterocycles. The van der Waals surface area contributed by atoms with Gasteiger partial charge < -0.3 is 9.72 Å². The van der Waals surface area contributed by atoms with Crippen molar-refractivity contribution in [1.82, 2.24) is 20.2 Å². The van der Waals surface area contributed by atoms with Gasteiger partial charge in [0.25, 0.3) is 0 Å². The number of H-pyrrole nitrogens is 2. The third-order valence-corrected chi connectivity index (χ3v) is 2.62. The van der Waals surface area contributed by atoms with Gasteiger partial charge in [0.2, 0.25) is 4.77 Å². The summed E-state index contributed by atoms with van der Waals surface area (Å²) in [5.41, 5.74) is 2.42. The van der Waals surface area contributed by atoms with Crippen molar-refractivity contribution in [2.75, 3.05) is 7.11 Å². The molecular formula is C10H8N4OS. The van der Waals surface area contributed by atoms with E-state index in [1.54, 1.807) is 7.11 Å². The molecule has 3 rings (SSSR count). The van der Waals surface area contributed by atoms with Crippen LogP contribution >= 0.6 is 12.2 Å². The molecule has 0 aliphatic carbocycles. The van der Waals surface area contributed by atoms with E-state index in [0.29, 0.717) is 10.4 Å². The molecule has 0 amide bonds. The summed E-state index contributed by atoms with van der Waals surface area (Å²) in [6, 6.07) is 5.73. The van der Waals surface area contributed by atoms with Crippen molar-refractivity contribution in [3.05, 3.63) is 23.0 Å². The molecule has 0 radical (unpaired) electrons. The molecule has 0 spiro atoms. The van der Waals surface area contributed by atoms with E-state index in [0.717, 1.165) is 22.2 Å². The van der Waals surface area contributed by atoms with Crippen LogP contribution in [0.15, 0.2) is 18.2 Å². The van der Waals surface area contributed by atoms with Crippen LogP contribution in [0.4, 0.5) is 0 Å². The summed E-state index contributed by atoms with van der Waals surface area (Å²) in [4.78, 5) is 7.32. The zero-order valence-corrected chi connectivity index (χ0v) is 9.26. The second-order valence-electron chi connectivity index (χ2n) is 3.37. The van der Waals surface area contributed by atoms with Crippen molar-refractivity contribution in [3.8, 4) is 5.75 Å². The molecule has 0 saturated carbocycles. The number of ether oxygens (including phenoxy) is 1. The Labute approximate surface area is 95.5 Å². The zero-order valence-electron chi connectivity index (χ0n) is 8.44. The van der Waals surface area contributed by atoms with Gasteiger partial charge in [-0.1, -0.05) is 0 Å². The number of benzene rings is 1. The lowest BCUT2D eigenvalue weighted by Gasteiger charge is -1.97. The molecule has 0 atom stereocenters. The quantitative estimate of drug-likeness (QED) is 0.631. The van der Waals surface area contributed by atoms with Gasteiger partial charge in [-0.3, -0.25) is 5.10 Å². The van der Waals surface area contributed by atoms with Crippen molar-refractivity contribution in [2.24, 2.45) is 0 Å². The zero-order chi connectivity index (χ0) is 11.1. The maximum Gasteiger partial charge on any atom is 0.215 e. The van der Waals surface area contributed by atoms with Gasteiger partial charge in [-0.2, -0.15) is 10.1 Å². The van der Waals surface area contributed by atoms with Crippen LogP contribution in [-0.2, 0) is 0 Å². The summed E-state index contributed by atoms with van der Waals surface area (Å²) in [6.07, 6.45) is 0. The van der Waals surface area contributed by atoms with E-state index >= 15 is 0 Å². The molecular weight excluding hydrogens is 224 g/mol. The molecule has 6 heteroatoms. The van der Waals surface area contributed by atoms with Crippen LogP contribution in [0.5, 0.6) is 5.75 Å². The molecule has 0 unspecified atom stereocenters. The Kier molecular flexibility index (Phi) is 1.90. The van der Waals surface area contributed by atoms with E-state index in [2.05, 4.69) is 20.2 Å². The van der Waals surface area contributed by atoms with Crippen molar-refractivity contribution in [2.45, 2.75) is 0 Å². The Balaban J connectivity index is 2.47. The first-order chi connectivity index (χ1) is 7.78. The lowest BCUT2D eigenvalue weighted by atomic mass is 10.2. The van der Waals surface area contributed by atoms with Gasteiger partial charge in [-0.25, -0.2) is 0 Å². The van der Waals surface area contributed by atoms with Gasteiger partial charge >= 0.3 is 0 Å². The first kappa shape index (κ1) is 9.29. The first-order valence-corrected chi connectivity index (χ1v) is 5.11. The number of hydrogen-bond donors (Lipinski definition) is 2. The summed E-state index contributed by atoms with van der Waals surface area (Å²) in [5, 5.41) is 7.81. The molecule has 80 valence electrons. The third kappa shape index (κ3) is 1.27. The fourth-order valence-corrected chi connectivity index (χ4v) is 1.83. The number of rotatable bonds is 1. The van der Waals surface area contributed by atoms with Crippen molar-refractivity contribution < 1.29 is 4.74 Å². The largest absolute Gasteiger partial charge is 0.497 e. The van der Waals surface area contributed by atoms with E-state index in [-0.39, 0.29) is 0 Å². The monoisotopic (exact) mass is 232 g/mol. The summed E-state index contributed by atoms with van der Waals surface area (Å²) in [7, 11) is 1.63. The van der Waals surface area contributed by atoms with Gasteiger partial charge in [0, 0.05) is 10.9 Å². The second-order valence-corrected chi connectivity index (χ2v) is 3.76. The molecule has 1 aromatic carbocycles. The molecule has 16 heavy (non-hydrogen) atoms. The molecule has 0 aliphatic rings. The second kappa shape index (κ2) is 3.28. The summed E-state index contributed by atoms with van der Waals surface area (Å²) in [5.74, 6) is 0.789. The van der Waals surface area contributed by atoms with Crippen LogP contribution in [0, 0.1) is 4.77 Å². The molecule has 5 nitrogen and oxygen atoms in total. The highest BCUT2D eigenvalue weighted by atomic mass is 32.1. The minimum atomic E-state index is 0.367. The fourth-order valence-electron chi connectivity index (χ4n) is 1.69. The maximum absolute atomic E-state index is 5.17. The minimum absolute atomic E-state index is 0.367. The van der Waals surface area contributed by atoms with Crippen LogP contribution < -0.4 is 4.74 Å². The number of hydrogen-bond acceptors (Lipinski definition) is 4. The fraction of sp³-hybridized carbons (Fsp3) is 0.100. The predicted molar refractivity (Wildman–Crippen MR) is 63.1 cm³/mol. The SMILES string of the molecule is COc1ccc2[nH]c3nc(=S)[nH]nc3c2c1. The number of nitrogens with zero attached hydrogens (tertiary/aromatic N) is 2. The van der Waals surface area contributed by atoms with Crippen LogP contribution in [0.25, 0.3) is 22.1 Å². The van der Waals surface area contributed by atoms with Gasteiger partial charge in [0.05, 0.1) is 7.11 Å². The number of methoxy groups -OCH3 is 1. The highest BCUT2D eigenvalue weighted by Gasteiger charge is 2.07. The Bertz CT molecular complexity index is 730. The highest BCUT2D eigenvalue weighted by Crippen LogP contribution is 2.25. The lowest BCUT2D eigenvalue weighted by molar-refractivity contribution is 0.415. The standard InChI is InChI=1S/C10H8N4OS/c1-15-5-2-3-7-6(4-5)8-9(11-7)12-10(16)14-13-8/h2-4H,1H3,(H2,11,12,14,16). The number of nitrogens with one attached hydrogen (secondary N) is 2. The van der Waals surface area contributed by atoms with Crippen LogP contribution in [0.1, 0.15) is 0 Å². The van der Waals surface area contributed by atoms with Crippen molar-refractivity contribution in [1.29, 1.82) is 0 Å². The number of fused-ring (bicyclic) bond motifs is 3. The third-order valence-electron chi connectivity index (χ3n) is 2.44. The predicted octanol–water partition coefficient (Wildman–Crippen LogP) is 2.18. The average molecular weight is 232 g/mol. The molecule has 0 saturated heterocycles. The number of aromatic nitrogens is 4.